The number of nitrogens with zero attached hydrogens (tertiary/aromatic N) is 3. The molecule has 4 rings (SSSR count). The van der Waals surface area contributed by atoms with E-state index in [1.165, 1.54) is 0 Å². The minimum atomic E-state index is -0.540. The molecule has 0 radical (unpaired) electrons. The molecule has 2 aromatic carbocycles. The minimum Gasteiger partial charge on any atom is -0.322 e. The van der Waals surface area contributed by atoms with Gasteiger partial charge in [-0.05, 0) is 58.0 Å². The van der Waals surface area contributed by atoms with Crippen LogP contribution in [-0.4, -0.2) is 38.8 Å². The van der Waals surface area contributed by atoms with Crippen LogP contribution in [-0.2, 0) is 9.59 Å². The number of aromatic nitrogens is 2. The summed E-state index contributed by atoms with van der Waals surface area (Å²) in [4.78, 5) is 38.2. The van der Waals surface area contributed by atoms with Crippen LogP contribution in [0.1, 0.15) is 5.56 Å². The number of imide groups is 1. The number of thioether (sulfide) groups is 1. The fourth-order valence-electron chi connectivity index (χ4n) is 2.62. The molecule has 0 bridgehead atoms. The second-order valence-electron chi connectivity index (χ2n) is 5.81. The Morgan fingerprint density at radius 1 is 1.21 bits per heavy atom. The lowest BCUT2D eigenvalue weighted by molar-refractivity contribution is -0.127. The Bertz CT molecular complexity index is 1140. The molecule has 3 aromatic rings. The van der Waals surface area contributed by atoms with Crippen LogP contribution < -0.4 is 5.32 Å². The van der Waals surface area contributed by atoms with Crippen molar-refractivity contribution in [2.75, 3.05) is 11.9 Å². The minimum absolute atomic E-state index is 0.225. The van der Waals surface area contributed by atoms with Gasteiger partial charge in [0, 0.05) is 5.02 Å². The van der Waals surface area contributed by atoms with Gasteiger partial charge >= 0.3 is 0 Å². The molecule has 1 saturated heterocycles. The summed E-state index contributed by atoms with van der Waals surface area (Å²) in [5.74, 6) is -1.08. The van der Waals surface area contributed by atoms with E-state index in [1.807, 2.05) is 0 Å². The average Bonchev–Trinajstić information content (AvgIpc) is 3.23. The molecular weight excluding hydrogens is 404 g/mol. The number of rotatable bonds is 4. The smallest absolute Gasteiger partial charge is 0.294 e. The summed E-state index contributed by atoms with van der Waals surface area (Å²) < 4.78 is 4.64. The second kappa shape index (κ2) is 7.45. The van der Waals surface area contributed by atoms with Gasteiger partial charge in [0.2, 0.25) is 5.91 Å². The van der Waals surface area contributed by atoms with Gasteiger partial charge in [0.1, 0.15) is 12.1 Å². The number of amides is 3. The van der Waals surface area contributed by atoms with E-state index in [0.717, 1.165) is 16.7 Å². The Balaban J connectivity index is 1.48. The lowest BCUT2D eigenvalue weighted by Crippen LogP contribution is -2.36. The number of fused-ring (bicyclic) bond motifs is 1. The fraction of sp³-hybridized carbons (Fsp3) is 0.0556. The first kappa shape index (κ1) is 18.2. The number of nitrogens with one attached hydrogen (secondary N) is 1. The number of carbonyl (C=O) groups is 3. The zero-order valence-corrected chi connectivity index (χ0v) is 15.7. The summed E-state index contributed by atoms with van der Waals surface area (Å²) in [5.41, 5.74) is 1.93. The van der Waals surface area contributed by atoms with Crippen LogP contribution in [0.3, 0.4) is 0 Å². The standard InChI is InChI=1S/C18H11ClN4O4S/c19-11-4-1-3-10(7-11)8-14-17(25)23(18(26)28-14)9-15(24)20-12-5-2-6-13-16(12)22-27-21-13/h1-8H,9H2,(H,20,24)/b14-8-. The van der Waals surface area contributed by atoms with Gasteiger partial charge in [-0.25, -0.2) is 4.63 Å². The predicted molar refractivity (Wildman–Crippen MR) is 105 cm³/mol. The molecule has 3 amide bonds. The largest absolute Gasteiger partial charge is 0.322 e. The summed E-state index contributed by atoms with van der Waals surface area (Å²) in [5, 5.41) is 10.0. The SMILES string of the molecule is O=C(CN1C(=O)S/C(=C\c2cccc(Cl)c2)C1=O)Nc1cccc2nonc12. The molecule has 0 unspecified atom stereocenters. The van der Waals surface area contributed by atoms with Gasteiger partial charge in [-0.15, -0.1) is 0 Å². The van der Waals surface area contributed by atoms with Gasteiger partial charge in [-0.3, -0.25) is 19.3 Å². The van der Waals surface area contributed by atoms with Crippen LogP contribution in [0.2, 0.25) is 5.02 Å². The van der Waals surface area contributed by atoms with Crippen molar-refractivity contribution in [1.82, 2.24) is 15.2 Å². The third-order valence-corrected chi connectivity index (χ3v) is 5.02. The van der Waals surface area contributed by atoms with Crippen LogP contribution in [0.25, 0.3) is 17.1 Å². The van der Waals surface area contributed by atoms with Gasteiger partial charge in [0.05, 0.1) is 10.6 Å². The first-order valence-electron chi connectivity index (χ1n) is 8.03. The van der Waals surface area contributed by atoms with E-state index >= 15 is 0 Å². The van der Waals surface area contributed by atoms with Crippen LogP contribution in [0.15, 0.2) is 52.0 Å². The number of hydrogen-bond acceptors (Lipinski definition) is 7. The highest BCUT2D eigenvalue weighted by molar-refractivity contribution is 8.18. The number of benzene rings is 2. The quantitative estimate of drug-likeness (QED) is 0.650. The maximum atomic E-state index is 12.5. The summed E-state index contributed by atoms with van der Waals surface area (Å²) in [6.45, 7) is -0.417. The Labute approximate surface area is 167 Å². The molecule has 1 aromatic heterocycles. The van der Waals surface area contributed by atoms with E-state index in [2.05, 4.69) is 20.3 Å². The fourth-order valence-corrected chi connectivity index (χ4v) is 3.66. The first-order chi connectivity index (χ1) is 13.5. The molecule has 8 nitrogen and oxygen atoms in total. The molecule has 28 heavy (non-hydrogen) atoms. The van der Waals surface area contributed by atoms with Gasteiger partial charge < -0.3 is 5.32 Å². The third-order valence-electron chi connectivity index (χ3n) is 3.88. The zero-order valence-electron chi connectivity index (χ0n) is 14.1. The molecule has 0 saturated carbocycles. The van der Waals surface area contributed by atoms with E-state index in [9.17, 15) is 14.4 Å². The Kier molecular flexibility index (Phi) is 4.84. The van der Waals surface area contributed by atoms with Gasteiger partial charge in [0.15, 0.2) is 5.52 Å². The van der Waals surface area contributed by atoms with Crippen molar-refractivity contribution >= 4 is 63.2 Å². The number of carbonyl (C=O) groups excluding carboxylic acids is 3. The Morgan fingerprint density at radius 2 is 2.04 bits per heavy atom. The van der Waals surface area contributed by atoms with Crippen molar-refractivity contribution in [2.45, 2.75) is 0 Å². The first-order valence-corrected chi connectivity index (χ1v) is 9.23. The summed E-state index contributed by atoms with van der Waals surface area (Å²) >= 11 is 6.71. The second-order valence-corrected chi connectivity index (χ2v) is 7.24. The van der Waals surface area contributed by atoms with Crippen LogP contribution in [0.5, 0.6) is 0 Å². The summed E-state index contributed by atoms with van der Waals surface area (Å²) in [6, 6.07) is 11.9. The van der Waals surface area contributed by atoms with Crippen molar-refractivity contribution in [3.05, 3.63) is 58.0 Å². The Hall–Kier alpha value is -3.17. The molecule has 1 N–H and O–H groups in total. The molecule has 0 spiro atoms. The van der Waals surface area contributed by atoms with E-state index in [0.29, 0.717) is 27.3 Å². The molecule has 10 heteroatoms. The van der Waals surface area contributed by atoms with E-state index in [4.69, 9.17) is 11.6 Å². The molecule has 0 atom stereocenters. The van der Waals surface area contributed by atoms with E-state index in [-0.39, 0.29) is 4.91 Å². The highest BCUT2D eigenvalue weighted by atomic mass is 35.5. The molecule has 140 valence electrons. The van der Waals surface area contributed by atoms with E-state index < -0.39 is 23.6 Å². The van der Waals surface area contributed by atoms with Crippen molar-refractivity contribution < 1.29 is 19.0 Å². The normalized spacial score (nSPS) is 15.6. The third kappa shape index (κ3) is 3.62. The monoisotopic (exact) mass is 414 g/mol. The van der Waals surface area contributed by atoms with Crippen LogP contribution >= 0.6 is 23.4 Å². The topological polar surface area (TPSA) is 105 Å². The Morgan fingerprint density at radius 3 is 2.86 bits per heavy atom. The highest BCUT2D eigenvalue weighted by Crippen LogP contribution is 2.32. The summed E-state index contributed by atoms with van der Waals surface area (Å²) in [7, 11) is 0. The van der Waals surface area contributed by atoms with Gasteiger partial charge in [0.25, 0.3) is 11.1 Å². The van der Waals surface area contributed by atoms with Crippen molar-refractivity contribution in [1.29, 1.82) is 0 Å². The predicted octanol–water partition coefficient (Wildman–Crippen LogP) is 3.55. The molecule has 1 fully saturated rings. The molecular formula is C18H11ClN4O4S. The van der Waals surface area contributed by atoms with Crippen molar-refractivity contribution in [2.24, 2.45) is 0 Å². The number of hydrogen-bond donors (Lipinski definition) is 1. The molecule has 0 aliphatic carbocycles. The molecule has 1 aliphatic rings. The zero-order chi connectivity index (χ0) is 19.7. The number of anilines is 1. The van der Waals surface area contributed by atoms with Crippen molar-refractivity contribution in [3.8, 4) is 0 Å². The van der Waals surface area contributed by atoms with Gasteiger partial charge in [-0.1, -0.05) is 29.8 Å². The van der Waals surface area contributed by atoms with Crippen LogP contribution in [0, 0.1) is 0 Å². The van der Waals surface area contributed by atoms with Crippen LogP contribution in [0.4, 0.5) is 10.5 Å². The molecule has 1 aliphatic heterocycles. The maximum Gasteiger partial charge on any atom is 0.294 e. The summed E-state index contributed by atoms with van der Waals surface area (Å²) in [6.07, 6.45) is 1.57. The van der Waals surface area contributed by atoms with Crippen molar-refractivity contribution in [3.63, 3.8) is 0 Å². The molecule has 2 heterocycles. The average molecular weight is 415 g/mol. The number of halogens is 1. The lowest BCUT2D eigenvalue weighted by atomic mass is 10.2. The van der Waals surface area contributed by atoms with E-state index in [1.54, 1.807) is 48.5 Å². The maximum absolute atomic E-state index is 12.5. The lowest BCUT2D eigenvalue weighted by Gasteiger charge is -2.12. The highest BCUT2D eigenvalue weighted by Gasteiger charge is 2.36. The van der Waals surface area contributed by atoms with Gasteiger partial charge in [-0.2, -0.15) is 0 Å².